The summed E-state index contributed by atoms with van der Waals surface area (Å²) in [6, 6.07) is 22.5. The average molecular weight is 467 g/mol. The molecule has 0 fully saturated rings. The predicted molar refractivity (Wildman–Crippen MR) is 131 cm³/mol. The molecular weight excluding hydrogens is 444 g/mol. The van der Waals surface area contributed by atoms with Gasteiger partial charge in [0.15, 0.2) is 5.65 Å². The maximum Gasteiger partial charge on any atom is 0.257 e. The van der Waals surface area contributed by atoms with Gasteiger partial charge in [0.1, 0.15) is 17.1 Å². The lowest BCUT2D eigenvalue weighted by molar-refractivity contribution is 0.0947. The molecule has 0 atom stereocenters. The molecule has 2 aromatic carbocycles. The van der Waals surface area contributed by atoms with Crippen LogP contribution in [0.3, 0.4) is 0 Å². The van der Waals surface area contributed by atoms with E-state index in [4.69, 9.17) is 15.2 Å². The van der Waals surface area contributed by atoms with Crippen LogP contribution in [-0.4, -0.2) is 32.6 Å². The first kappa shape index (κ1) is 21.9. The van der Waals surface area contributed by atoms with Gasteiger partial charge >= 0.3 is 0 Å². The van der Waals surface area contributed by atoms with Gasteiger partial charge in [-0.2, -0.15) is 4.98 Å². The van der Waals surface area contributed by atoms with Crippen LogP contribution in [0, 0.1) is 0 Å². The molecule has 1 amide bonds. The number of nitrogens with two attached hydrogens (primary N) is 1. The van der Waals surface area contributed by atoms with Crippen LogP contribution in [-0.2, 0) is 6.54 Å². The molecule has 3 aromatic heterocycles. The number of amides is 1. The van der Waals surface area contributed by atoms with E-state index in [0.29, 0.717) is 17.0 Å². The number of carbonyl (C=O) groups is 1. The summed E-state index contributed by atoms with van der Waals surface area (Å²) in [6.45, 7) is 0.264. The van der Waals surface area contributed by atoms with Crippen LogP contribution in [0.25, 0.3) is 16.8 Å². The van der Waals surface area contributed by atoms with Crippen LogP contribution in [0.2, 0.25) is 0 Å². The number of nitrogens with zero attached hydrogens (tertiary/aromatic N) is 4. The molecule has 174 valence electrons. The zero-order valence-electron chi connectivity index (χ0n) is 18.9. The predicted octanol–water partition coefficient (Wildman–Crippen LogP) is 4.10. The number of benzene rings is 2. The minimum absolute atomic E-state index is 0.187. The molecule has 5 aromatic rings. The van der Waals surface area contributed by atoms with E-state index in [-0.39, 0.29) is 24.3 Å². The summed E-state index contributed by atoms with van der Waals surface area (Å²) < 4.78 is 12.9. The molecule has 0 aliphatic rings. The van der Waals surface area contributed by atoms with Crippen molar-refractivity contribution in [2.75, 3.05) is 12.8 Å². The molecule has 0 spiro atoms. The molecule has 0 saturated heterocycles. The maximum absolute atomic E-state index is 13.2. The van der Waals surface area contributed by atoms with E-state index < -0.39 is 0 Å². The highest BCUT2D eigenvalue weighted by Crippen LogP contribution is 2.27. The molecule has 3 N–H and O–H groups in total. The molecule has 35 heavy (non-hydrogen) atoms. The number of nitrogen functional groups attached to an aromatic ring is 1. The molecule has 0 bridgehead atoms. The summed E-state index contributed by atoms with van der Waals surface area (Å²) in [5.74, 6) is 1.48. The smallest absolute Gasteiger partial charge is 0.257 e. The molecule has 3 heterocycles. The fourth-order valence-electron chi connectivity index (χ4n) is 3.65. The summed E-state index contributed by atoms with van der Waals surface area (Å²) in [4.78, 5) is 21.7. The van der Waals surface area contributed by atoms with Gasteiger partial charge in [0.05, 0.1) is 7.11 Å². The van der Waals surface area contributed by atoms with Gasteiger partial charge in [-0.15, -0.1) is 5.10 Å². The van der Waals surface area contributed by atoms with Crippen molar-refractivity contribution in [2.45, 2.75) is 6.54 Å². The Kier molecular flexibility index (Phi) is 5.96. The Morgan fingerprint density at radius 3 is 2.66 bits per heavy atom. The number of nitrogens with one attached hydrogen (secondary N) is 1. The van der Waals surface area contributed by atoms with Crippen LogP contribution in [0.4, 0.5) is 5.95 Å². The molecule has 0 aliphatic carbocycles. The number of methoxy groups -OCH3 is 1. The lowest BCUT2D eigenvalue weighted by Crippen LogP contribution is -2.24. The average Bonchev–Trinajstić information content (AvgIpc) is 3.27. The van der Waals surface area contributed by atoms with E-state index in [1.54, 1.807) is 23.0 Å². The second-order valence-corrected chi connectivity index (χ2v) is 7.67. The van der Waals surface area contributed by atoms with E-state index in [1.165, 1.54) is 7.11 Å². The maximum atomic E-state index is 13.2. The Labute approximate surface area is 201 Å². The fourth-order valence-corrected chi connectivity index (χ4v) is 3.65. The normalized spacial score (nSPS) is 10.8. The second-order valence-electron chi connectivity index (χ2n) is 7.67. The minimum atomic E-state index is -0.321. The SMILES string of the molecule is COc1ncc(-c2ccn3nc(N)nc3c2)cc1C(=O)NCc1ccccc1Oc1ccccc1. The number of para-hydroxylation sites is 2. The number of carbonyl (C=O) groups excluding carboxylic acids is 1. The second kappa shape index (κ2) is 9.52. The third-order valence-electron chi connectivity index (χ3n) is 5.36. The van der Waals surface area contributed by atoms with Crippen molar-refractivity contribution in [1.82, 2.24) is 24.9 Å². The minimum Gasteiger partial charge on any atom is -0.480 e. The van der Waals surface area contributed by atoms with Crippen molar-refractivity contribution in [1.29, 1.82) is 0 Å². The largest absolute Gasteiger partial charge is 0.480 e. The van der Waals surface area contributed by atoms with Crippen molar-refractivity contribution < 1.29 is 14.3 Å². The highest BCUT2D eigenvalue weighted by atomic mass is 16.5. The first-order chi connectivity index (χ1) is 17.1. The van der Waals surface area contributed by atoms with E-state index in [9.17, 15) is 4.79 Å². The highest BCUT2D eigenvalue weighted by molar-refractivity contribution is 5.97. The standard InChI is InChI=1S/C26H22N6O3/c1-34-25-21(13-19(16-29-25)17-11-12-32-23(14-17)30-26(27)31-32)24(33)28-15-18-7-5-6-10-22(18)35-20-8-3-2-4-9-20/h2-14,16H,15H2,1H3,(H2,27,31)(H,28,33). The zero-order chi connectivity index (χ0) is 24.2. The fraction of sp³-hybridized carbons (Fsp3) is 0.0769. The van der Waals surface area contributed by atoms with Crippen molar-refractivity contribution in [2.24, 2.45) is 0 Å². The third-order valence-corrected chi connectivity index (χ3v) is 5.36. The molecule has 9 heteroatoms. The van der Waals surface area contributed by atoms with Crippen molar-refractivity contribution >= 4 is 17.5 Å². The quantitative estimate of drug-likeness (QED) is 0.371. The van der Waals surface area contributed by atoms with Gasteiger partial charge in [0.25, 0.3) is 5.91 Å². The molecule has 9 nitrogen and oxygen atoms in total. The van der Waals surface area contributed by atoms with Crippen LogP contribution in [0.15, 0.2) is 85.2 Å². The number of rotatable bonds is 7. The summed E-state index contributed by atoms with van der Waals surface area (Å²) in [5.41, 5.74) is 8.97. The number of anilines is 1. The van der Waals surface area contributed by atoms with Gasteiger partial charge in [-0.05, 0) is 42.0 Å². The topological polar surface area (TPSA) is 117 Å². The van der Waals surface area contributed by atoms with Gasteiger partial charge in [-0.25, -0.2) is 9.50 Å². The summed E-state index contributed by atoms with van der Waals surface area (Å²) in [7, 11) is 1.48. The first-order valence-corrected chi connectivity index (χ1v) is 10.9. The molecular formula is C26H22N6O3. The van der Waals surface area contributed by atoms with Gasteiger partial charge in [-0.3, -0.25) is 4.79 Å². The summed E-state index contributed by atoms with van der Waals surface area (Å²) in [5, 5.41) is 7.03. The number of pyridine rings is 2. The van der Waals surface area contributed by atoms with Crippen LogP contribution < -0.4 is 20.5 Å². The number of fused-ring (bicyclic) bond motifs is 1. The summed E-state index contributed by atoms with van der Waals surface area (Å²) >= 11 is 0. The van der Waals surface area contributed by atoms with E-state index in [2.05, 4.69) is 20.4 Å². The monoisotopic (exact) mass is 466 g/mol. The Bertz CT molecular complexity index is 1500. The number of hydrogen-bond acceptors (Lipinski definition) is 7. The first-order valence-electron chi connectivity index (χ1n) is 10.9. The summed E-state index contributed by atoms with van der Waals surface area (Å²) in [6.07, 6.45) is 3.39. The van der Waals surface area contributed by atoms with Gasteiger partial charge in [0, 0.05) is 30.1 Å². The van der Waals surface area contributed by atoms with E-state index in [1.807, 2.05) is 66.7 Å². The zero-order valence-corrected chi connectivity index (χ0v) is 18.9. The van der Waals surface area contributed by atoms with Gasteiger partial charge in [0.2, 0.25) is 11.8 Å². The van der Waals surface area contributed by atoms with Crippen molar-refractivity contribution in [3.63, 3.8) is 0 Å². The van der Waals surface area contributed by atoms with Crippen LogP contribution in [0.5, 0.6) is 17.4 Å². The Balaban J connectivity index is 1.38. The molecule has 0 saturated carbocycles. The Morgan fingerprint density at radius 1 is 1.03 bits per heavy atom. The van der Waals surface area contributed by atoms with Crippen molar-refractivity contribution in [3.8, 4) is 28.5 Å². The van der Waals surface area contributed by atoms with E-state index in [0.717, 1.165) is 22.4 Å². The van der Waals surface area contributed by atoms with Gasteiger partial charge < -0.3 is 20.5 Å². The van der Waals surface area contributed by atoms with Crippen LogP contribution in [0.1, 0.15) is 15.9 Å². The molecule has 0 radical (unpaired) electrons. The molecule has 0 unspecified atom stereocenters. The van der Waals surface area contributed by atoms with Crippen molar-refractivity contribution in [3.05, 3.63) is 96.3 Å². The lowest BCUT2D eigenvalue weighted by Gasteiger charge is -2.13. The number of aromatic nitrogens is 4. The van der Waals surface area contributed by atoms with Crippen LogP contribution >= 0.6 is 0 Å². The number of ether oxygens (including phenoxy) is 2. The highest BCUT2D eigenvalue weighted by Gasteiger charge is 2.17. The Hall–Kier alpha value is -4.92. The molecule has 0 aliphatic heterocycles. The molecule has 5 rings (SSSR count). The van der Waals surface area contributed by atoms with Gasteiger partial charge in [-0.1, -0.05) is 36.4 Å². The number of hydrogen-bond donors (Lipinski definition) is 2. The lowest BCUT2D eigenvalue weighted by atomic mass is 10.1. The van der Waals surface area contributed by atoms with E-state index >= 15 is 0 Å². The third kappa shape index (κ3) is 4.74. The Morgan fingerprint density at radius 2 is 1.83 bits per heavy atom.